The van der Waals surface area contributed by atoms with Gasteiger partial charge in [-0.25, -0.2) is 4.79 Å². The van der Waals surface area contributed by atoms with Crippen LogP contribution >= 0.6 is 0 Å². The van der Waals surface area contributed by atoms with Crippen molar-refractivity contribution in [2.24, 2.45) is 0 Å². The van der Waals surface area contributed by atoms with Gasteiger partial charge in [-0.15, -0.1) is 0 Å². The fourth-order valence-corrected chi connectivity index (χ4v) is 1.61. The largest absolute Gasteiger partial charge is 0.491 e. The van der Waals surface area contributed by atoms with Gasteiger partial charge in [-0.1, -0.05) is 19.1 Å². The lowest BCUT2D eigenvalue weighted by Gasteiger charge is -2.15. The van der Waals surface area contributed by atoms with E-state index < -0.39 is 18.0 Å². The number of rotatable bonds is 8. The van der Waals surface area contributed by atoms with Gasteiger partial charge < -0.3 is 19.9 Å². The van der Waals surface area contributed by atoms with E-state index in [1.54, 1.807) is 38.1 Å². The minimum absolute atomic E-state index is 0.0320. The highest BCUT2D eigenvalue weighted by Gasteiger charge is 2.22. The molecule has 116 valence electrons. The number of para-hydroxylation sites is 2. The second kappa shape index (κ2) is 8.84. The fourth-order valence-electron chi connectivity index (χ4n) is 1.61. The third-order valence-corrected chi connectivity index (χ3v) is 2.68. The molecular weight excluding hydrogens is 274 g/mol. The summed E-state index contributed by atoms with van der Waals surface area (Å²) in [6.45, 7) is 3.83. The molecule has 6 heteroatoms. The molecule has 2 N–H and O–H groups in total. The SMILES string of the molecule is CCOC(=O)C(CC)OC(=O)CCOc1ccccc1N. The number of benzene rings is 1. The van der Waals surface area contributed by atoms with Crippen LogP contribution < -0.4 is 10.5 Å². The topological polar surface area (TPSA) is 87.8 Å². The summed E-state index contributed by atoms with van der Waals surface area (Å²) in [4.78, 5) is 23.2. The van der Waals surface area contributed by atoms with Crippen molar-refractivity contribution in [3.05, 3.63) is 24.3 Å². The van der Waals surface area contributed by atoms with Crippen LogP contribution in [0.4, 0.5) is 5.69 Å². The third-order valence-electron chi connectivity index (χ3n) is 2.68. The van der Waals surface area contributed by atoms with E-state index in [9.17, 15) is 9.59 Å². The monoisotopic (exact) mass is 295 g/mol. The first-order valence-corrected chi connectivity index (χ1v) is 6.91. The van der Waals surface area contributed by atoms with Gasteiger partial charge in [0.05, 0.1) is 25.3 Å². The molecule has 0 aliphatic heterocycles. The fraction of sp³-hybridized carbons (Fsp3) is 0.467. The van der Waals surface area contributed by atoms with E-state index in [4.69, 9.17) is 19.9 Å². The first-order valence-electron chi connectivity index (χ1n) is 6.91. The lowest BCUT2D eigenvalue weighted by atomic mass is 10.3. The number of esters is 2. The van der Waals surface area contributed by atoms with Crippen LogP contribution in [0.15, 0.2) is 24.3 Å². The van der Waals surface area contributed by atoms with E-state index in [0.717, 1.165) is 0 Å². The van der Waals surface area contributed by atoms with Crippen molar-refractivity contribution in [3.63, 3.8) is 0 Å². The summed E-state index contributed by atoms with van der Waals surface area (Å²) in [7, 11) is 0. The van der Waals surface area contributed by atoms with Crippen molar-refractivity contribution in [1.29, 1.82) is 0 Å². The highest BCUT2D eigenvalue weighted by molar-refractivity contribution is 5.79. The second-order valence-electron chi connectivity index (χ2n) is 4.28. The molecule has 0 fully saturated rings. The normalized spacial score (nSPS) is 11.5. The van der Waals surface area contributed by atoms with Crippen molar-refractivity contribution in [2.75, 3.05) is 18.9 Å². The minimum Gasteiger partial charge on any atom is -0.491 e. The predicted octanol–water partition coefficient (Wildman–Crippen LogP) is 1.92. The minimum atomic E-state index is -0.862. The van der Waals surface area contributed by atoms with Crippen molar-refractivity contribution in [2.45, 2.75) is 32.8 Å². The maximum absolute atomic E-state index is 11.7. The molecule has 6 nitrogen and oxygen atoms in total. The second-order valence-corrected chi connectivity index (χ2v) is 4.28. The van der Waals surface area contributed by atoms with Crippen LogP contribution in [-0.4, -0.2) is 31.3 Å². The third kappa shape index (κ3) is 5.72. The molecular formula is C15H21NO5. The van der Waals surface area contributed by atoms with Gasteiger partial charge in [-0.3, -0.25) is 4.79 Å². The molecule has 0 aromatic heterocycles. The van der Waals surface area contributed by atoms with Gasteiger partial charge in [0.25, 0.3) is 0 Å². The standard InChI is InChI=1S/C15H21NO5/c1-3-12(15(18)19-4-2)21-14(17)9-10-20-13-8-6-5-7-11(13)16/h5-8,12H,3-4,9-10,16H2,1-2H3. The zero-order valence-electron chi connectivity index (χ0n) is 12.3. The highest BCUT2D eigenvalue weighted by Crippen LogP contribution is 2.19. The molecule has 0 aliphatic carbocycles. The van der Waals surface area contributed by atoms with Crippen molar-refractivity contribution in [3.8, 4) is 5.75 Å². The summed E-state index contributed by atoms with van der Waals surface area (Å²) in [6, 6.07) is 7.01. The molecule has 1 rings (SSSR count). The molecule has 0 spiro atoms. The van der Waals surface area contributed by atoms with Crippen LogP contribution in [0, 0.1) is 0 Å². The maximum Gasteiger partial charge on any atom is 0.347 e. The summed E-state index contributed by atoms with van der Waals surface area (Å²) < 4.78 is 15.3. The molecule has 0 amide bonds. The number of nitrogens with two attached hydrogens (primary N) is 1. The molecule has 0 saturated carbocycles. The Morgan fingerprint density at radius 1 is 1.24 bits per heavy atom. The Morgan fingerprint density at radius 3 is 2.57 bits per heavy atom. The Kier molecular flexibility index (Phi) is 7.08. The number of hydrogen-bond acceptors (Lipinski definition) is 6. The van der Waals surface area contributed by atoms with E-state index >= 15 is 0 Å². The van der Waals surface area contributed by atoms with E-state index in [0.29, 0.717) is 17.9 Å². The number of carbonyl (C=O) groups excluding carboxylic acids is 2. The summed E-state index contributed by atoms with van der Waals surface area (Å²) in [5, 5.41) is 0. The summed E-state index contributed by atoms with van der Waals surface area (Å²) in [5.41, 5.74) is 6.21. The number of ether oxygens (including phenoxy) is 3. The van der Waals surface area contributed by atoms with Crippen LogP contribution in [0.1, 0.15) is 26.7 Å². The molecule has 1 unspecified atom stereocenters. The number of carbonyl (C=O) groups is 2. The van der Waals surface area contributed by atoms with Crippen LogP contribution in [0.3, 0.4) is 0 Å². The van der Waals surface area contributed by atoms with Crippen LogP contribution in [-0.2, 0) is 19.1 Å². The number of nitrogen functional groups attached to an aromatic ring is 1. The zero-order chi connectivity index (χ0) is 15.7. The van der Waals surface area contributed by atoms with Gasteiger partial charge in [0.1, 0.15) is 5.75 Å². The van der Waals surface area contributed by atoms with Crippen LogP contribution in [0.2, 0.25) is 0 Å². The van der Waals surface area contributed by atoms with E-state index in [2.05, 4.69) is 0 Å². The van der Waals surface area contributed by atoms with Gasteiger partial charge in [0.2, 0.25) is 0 Å². The molecule has 1 aromatic carbocycles. The van der Waals surface area contributed by atoms with Gasteiger partial charge in [-0.2, -0.15) is 0 Å². The van der Waals surface area contributed by atoms with Crippen molar-refractivity contribution < 1.29 is 23.8 Å². The average molecular weight is 295 g/mol. The smallest absolute Gasteiger partial charge is 0.347 e. The Hall–Kier alpha value is -2.24. The molecule has 0 heterocycles. The Bertz CT molecular complexity index is 475. The quantitative estimate of drug-likeness (QED) is 0.582. The van der Waals surface area contributed by atoms with Crippen molar-refractivity contribution >= 4 is 17.6 Å². The van der Waals surface area contributed by atoms with Crippen LogP contribution in [0.5, 0.6) is 5.75 Å². The molecule has 1 aromatic rings. The molecule has 0 aliphatic rings. The number of anilines is 1. The van der Waals surface area contributed by atoms with Gasteiger partial charge in [0, 0.05) is 0 Å². The summed E-state index contributed by atoms with van der Waals surface area (Å²) in [5.74, 6) is -0.520. The molecule has 0 radical (unpaired) electrons. The summed E-state index contributed by atoms with van der Waals surface area (Å²) >= 11 is 0. The Balaban J connectivity index is 2.36. The Morgan fingerprint density at radius 2 is 1.95 bits per heavy atom. The van der Waals surface area contributed by atoms with Gasteiger partial charge >= 0.3 is 11.9 Å². The molecule has 0 bridgehead atoms. The molecule has 21 heavy (non-hydrogen) atoms. The highest BCUT2D eigenvalue weighted by atomic mass is 16.6. The zero-order valence-corrected chi connectivity index (χ0v) is 12.3. The lowest BCUT2D eigenvalue weighted by molar-refractivity contribution is -0.168. The van der Waals surface area contributed by atoms with Gasteiger partial charge in [0.15, 0.2) is 6.10 Å². The summed E-state index contributed by atoms with van der Waals surface area (Å²) in [6.07, 6.45) is -0.458. The maximum atomic E-state index is 11.7. The molecule has 0 saturated heterocycles. The van der Waals surface area contributed by atoms with E-state index in [1.165, 1.54) is 0 Å². The van der Waals surface area contributed by atoms with Crippen molar-refractivity contribution in [1.82, 2.24) is 0 Å². The number of hydrogen-bond donors (Lipinski definition) is 1. The van der Waals surface area contributed by atoms with Crippen LogP contribution in [0.25, 0.3) is 0 Å². The first kappa shape index (κ1) is 16.8. The van der Waals surface area contributed by atoms with E-state index in [1.807, 2.05) is 0 Å². The van der Waals surface area contributed by atoms with Gasteiger partial charge in [-0.05, 0) is 25.5 Å². The lowest BCUT2D eigenvalue weighted by Crippen LogP contribution is -2.29. The average Bonchev–Trinajstić information content (AvgIpc) is 2.47. The molecule has 1 atom stereocenters. The Labute approximate surface area is 124 Å². The predicted molar refractivity (Wildman–Crippen MR) is 77.8 cm³/mol. The first-order chi connectivity index (χ1) is 10.1. The van der Waals surface area contributed by atoms with E-state index in [-0.39, 0.29) is 19.6 Å².